The Morgan fingerprint density at radius 3 is 2.50 bits per heavy atom. The average Bonchev–Trinajstić information content (AvgIpc) is 2.49. The lowest BCUT2D eigenvalue weighted by Crippen LogP contribution is -2.49. The molecule has 0 fully saturated rings. The summed E-state index contributed by atoms with van der Waals surface area (Å²) in [6, 6.07) is 3.80. The molecule has 136 valence electrons. The molecule has 0 saturated carbocycles. The van der Waals surface area contributed by atoms with Crippen molar-refractivity contribution in [3.8, 4) is 5.75 Å². The summed E-state index contributed by atoms with van der Waals surface area (Å²) >= 11 is 3.47. The molecule has 6 heteroatoms. The Bertz CT molecular complexity index is 556. The number of hydrogen-bond donors (Lipinski definition) is 2. The van der Waals surface area contributed by atoms with Crippen LogP contribution in [0.15, 0.2) is 16.6 Å². The van der Waals surface area contributed by atoms with Crippen LogP contribution in [0.3, 0.4) is 0 Å². The maximum atomic E-state index is 12.5. The fourth-order valence-corrected chi connectivity index (χ4v) is 3.00. The van der Waals surface area contributed by atoms with Gasteiger partial charge in [-0.3, -0.25) is 10.2 Å². The number of carbonyl (C=O) groups is 1. The molecule has 0 unspecified atom stereocenters. The molecule has 1 aromatic carbocycles. The van der Waals surface area contributed by atoms with E-state index in [0.717, 1.165) is 16.5 Å². The predicted molar refractivity (Wildman–Crippen MR) is 100 cm³/mol. The highest BCUT2D eigenvalue weighted by Crippen LogP contribution is 2.31. The molecule has 24 heavy (non-hydrogen) atoms. The van der Waals surface area contributed by atoms with Gasteiger partial charge in [0, 0.05) is 24.3 Å². The number of rotatable bonds is 8. The summed E-state index contributed by atoms with van der Waals surface area (Å²) in [6.45, 7) is 11.3. The van der Waals surface area contributed by atoms with Gasteiger partial charge < -0.3 is 9.47 Å². The maximum Gasteiger partial charge on any atom is 0.265 e. The van der Waals surface area contributed by atoms with Crippen molar-refractivity contribution in [3.63, 3.8) is 0 Å². The normalized spacial score (nSPS) is 12.8. The summed E-state index contributed by atoms with van der Waals surface area (Å²) in [7, 11) is 1.63. The van der Waals surface area contributed by atoms with Gasteiger partial charge in [-0.25, -0.2) is 5.43 Å². The second kappa shape index (κ2) is 9.39. The van der Waals surface area contributed by atoms with Crippen molar-refractivity contribution < 1.29 is 14.3 Å². The predicted octanol–water partition coefficient (Wildman–Crippen LogP) is 3.84. The quantitative estimate of drug-likeness (QED) is 0.513. The zero-order valence-corrected chi connectivity index (χ0v) is 17.0. The van der Waals surface area contributed by atoms with Crippen molar-refractivity contribution in [1.29, 1.82) is 0 Å². The smallest absolute Gasteiger partial charge is 0.265 e. The highest BCUT2D eigenvalue weighted by Gasteiger charge is 2.24. The molecule has 1 atom stereocenters. The molecule has 0 radical (unpaired) electrons. The molecule has 0 aliphatic heterocycles. The van der Waals surface area contributed by atoms with Crippen molar-refractivity contribution in [3.05, 3.63) is 27.7 Å². The third-order valence-corrected chi connectivity index (χ3v) is 4.57. The molecule has 1 aromatic rings. The minimum Gasteiger partial charge on any atom is -0.490 e. The summed E-state index contributed by atoms with van der Waals surface area (Å²) < 4.78 is 11.5. The van der Waals surface area contributed by atoms with Crippen molar-refractivity contribution in [2.24, 2.45) is 5.41 Å². The van der Waals surface area contributed by atoms with Crippen LogP contribution in [0.5, 0.6) is 5.75 Å². The molecule has 1 rings (SSSR count). The minimum absolute atomic E-state index is 0.0607. The molecular weight excluding hydrogens is 372 g/mol. The van der Waals surface area contributed by atoms with Gasteiger partial charge >= 0.3 is 0 Å². The van der Waals surface area contributed by atoms with Crippen molar-refractivity contribution >= 4 is 21.8 Å². The summed E-state index contributed by atoms with van der Waals surface area (Å²) in [4.78, 5) is 12.5. The first-order chi connectivity index (χ1) is 11.2. The summed E-state index contributed by atoms with van der Waals surface area (Å²) in [5.74, 6) is 0.502. The second-order valence-electron chi connectivity index (χ2n) is 6.82. The maximum absolute atomic E-state index is 12.5. The lowest BCUT2D eigenvalue weighted by molar-refractivity contribution is 0.0904. The van der Waals surface area contributed by atoms with Crippen LogP contribution >= 0.6 is 15.9 Å². The van der Waals surface area contributed by atoms with Crippen LogP contribution in [0.2, 0.25) is 0 Å². The Balaban J connectivity index is 2.85. The zero-order valence-electron chi connectivity index (χ0n) is 15.5. The Morgan fingerprint density at radius 2 is 1.96 bits per heavy atom. The van der Waals surface area contributed by atoms with Gasteiger partial charge in [-0.1, -0.05) is 27.7 Å². The fourth-order valence-electron chi connectivity index (χ4n) is 2.46. The molecule has 0 heterocycles. The van der Waals surface area contributed by atoms with E-state index in [9.17, 15) is 4.79 Å². The largest absolute Gasteiger partial charge is 0.490 e. The van der Waals surface area contributed by atoms with Crippen LogP contribution < -0.4 is 15.6 Å². The first-order valence-corrected chi connectivity index (χ1v) is 8.98. The van der Waals surface area contributed by atoms with E-state index in [2.05, 4.69) is 54.5 Å². The van der Waals surface area contributed by atoms with Gasteiger partial charge in [0.15, 0.2) is 0 Å². The van der Waals surface area contributed by atoms with Crippen LogP contribution in [0.1, 0.15) is 50.0 Å². The Labute approximate surface area is 153 Å². The second-order valence-corrected chi connectivity index (χ2v) is 7.67. The van der Waals surface area contributed by atoms with Crippen LogP contribution in [-0.2, 0) is 4.74 Å². The number of hydrogen-bond acceptors (Lipinski definition) is 4. The molecule has 1 amide bonds. The van der Waals surface area contributed by atoms with E-state index in [1.165, 1.54) is 0 Å². The number of nitrogens with one attached hydrogen (secondary N) is 2. The van der Waals surface area contributed by atoms with E-state index in [0.29, 0.717) is 24.5 Å². The molecule has 2 N–H and O–H groups in total. The van der Waals surface area contributed by atoms with Crippen molar-refractivity contribution in [2.45, 2.75) is 47.1 Å². The molecule has 0 spiro atoms. The first kappa shape index (κ1) is 20.9. The van der Waals surface area contributed by atoms with Gasteiger partial charge in [0.05, 0.1) is 11.1 Å². The number of carbonyl (C=O) groups excluding carboxylic acids is 1. The topological polar surface area (TPSA) is 59.6 Å². The van der Waals surface area contributed by atoms with Gasteiger partial charge in [0.25, 0.3) is 5.91 Å². The van der Waals surface area contributed by atoms with Crippen molar-refractivity contribution in [1.82, 2.24) is 10.9 Å². The highest BCUT2D eigenvalue weighted by molar-refractivity contribution is 9.10. The lowest BCUT2D eigenvalue weighted by atomic mass is 9.86. The third-order valence-electron chi connectivity index (χ3n) is 3.95. The van der Waals surface area contributed by atoms with Gasteiger partial charge in [-0.05, 0) is 46.8 Å². The Kier molecular flexibility index (Phi) is 8.19. The SMILES string of the molecule is CC[C@@H](NNC(=O)c1ccc(Br)c(OCCOC)c1C)C(C)(C)C. The van der Waals surface area contributed by atoms with E-state index in [1.54, 1.807) is 13.2 Å². The monoisotopic (exact) mass is 400 g/mol. The van der Waals surface area contributed by atoms with Crippen LogP contribution in [0, 0.1) is 12.3 Å². The molecule has 0 saturated heterocycles. The molecule has 0 aromatic heterocycles. The van der Waals surface area contributed by atoms with Gasteiger partial charge in [-0.2, -0.15) is 0 Å². The van der Waals surface area contributed by atoms with Crippen molar-refractivity contribution in [2.75, 3.05) is 20.3 Å². The first-order valence-electron chi connectivity index (χ1n) is 8.19. The van der Waals surface area contributed by atoms with E-state index in [-0.39, 0.29) is 17.4 Å². The average molecular weight is 401 g/mol. The summed E-state index contributed by atoms with van der Waals surface area (Å²) in [5, 5.41) is 0. The van der Waals surface area contributed by atoms with Crippen LogP contribution in [0.4, 0.5) is 0 Å². The molecular formula is C18H29BrN2O3. The molecule has 5 nitrogen and oxygen atoms in total. The summed E-state index contributed by atoms with van der Waals surface area (Å²) in [6.07, 6.45) is 0.925. The Morgan fingerprint density at radius 1 is 1.29 bits per heavy atom. The van der Waals surface area contributed by atoms with E-state index >= 15 is 0 Å². The van der Waals surface area contributed by atoms with E-state index < -0.39 is 0 Å². The standard InChI is InChI=1S/C18H29BrN2O3/c1-7-15(18(3,4)5)20-21-17(22)13-8-9-14(19)16(12(13)2)24-11-10-23-6/h8-9,15,20H,7,10-11H2,1-6H3,(H,21,22)/t15-/m1/s1. The Hall–Kier alpha value is -1.11. The van der Waals surface area contributed by atoms with Crippen LogP contribution in [-0.4, -0.2) is 32.3 Å². The lowest BCUT2D eigenvalue weighted by Gasteiger charge is -2.30. The number of amides is 1. The summed E-state index contributed by atoms with van der Waals surface area (Å²) in [5.41, 5.74) is 7.42. The highest BCUT2D eigenvalue weighted by atomic mass is 79.9. The number of halogens is 1. The van der Waals surface area contributed by atoms with Gasteiger partial charge in [0.1, 0.15) is 12.4 Å². The number of hydrazine groups is 1. The number of benzene rings is 1. The van der Waals surface area contributed by atoms with E-state index in [1.807, 2.05) is 13.0 Å². The zero-order chi connectivity index (χ0) is 18.3. The fraction of sp³-hybridized carbons (Fsp3) is 0.611. The molecule has 0 aliphatic rings. The number of methoxy groups -OCH3 is 1. The molecule has 0 aliphatic carbocycles. The van der Waals surface area contributed by atoms with E-state index in [4.69, 9.17) is 9.47 Å². The third kappa shape index (κ3) is 5.76. The minimum atomic E-state index is -0.167. The number of ether oxygens (including phenoxy) is 2. The molecule has 0 bridgehead atoms. The van der Waals surface area contributed by atoms with Gasteiger partial charge in [-0.15, -0.1) is 0 Å². The van der Waals surface area contributed by atoms with Gasteiger partial charge in [0.2, 0.25) is 0 Å². The van der Waals surface area contributed by atoms with Crippen LogP contribution in [0.25, 0.3) is 0 Å².